The summed E-state index contributed by atoms with van der Waals surface area (Å²) in [5, 5.41) is 10.1. The monoisotopic (exact) mass is 276 g/mol. The number of benzene rings is 1. The lowest BCUT2D eigenvalue weighted by Gasteiger charge is -2.35. The molecule has 0 saturated heterocycles. The minimum absolute atomic E-state index is 0.0554. The van der Waals surface area contributed by atoms with Crippen molar-refractivity contribution in [3.05, 3.63) is 28.8 Å². The van der Waals surface area contributed by atoms with Gasteiger partial charge in [-0.3, -0.25) is 4.79 Å². The summed E-state index contributed by atoms with van der Waals surface area (Å²) in [6.07, 6.45) is 3.33. The number of aliphatic hydroxyl groups excluding tert-OH is 1. The van der Waals surface area contributed by atoms with E-state index in [2.05, 4.69) is 0 Å². The van der Waals surface area contributed by atoms with E-state index in [1.807, 2.05) is 19.9 Å². The number of carbonyl (C=O) groups excluding carboxylic acids is 1. The van der Waals surface area contributed by atoms with Gasteiger partial charge in [0.15, 0.2) is 0 Å². The van der Waals surface area contributed by atoms with Crippen LogP contribution in [-0.4, -0.2) is 35.1 Å². The molecular formula is C16H24N2O2. The second-order valence-electron chi connectivity index (χ2n) is 5.86. The van der Waals surface area contributed by atoms with Gasteiger partial charge in [-0.1, -0.05) is 18.9 Å². The molecule has 4 heteroatoms. The van der Waals surface area contributed by atoms with Crippen molar-refractivity contribution in [1.29, 1.82) is 0 Å². The molecule has 1 aliphatic carbocycles. The van der Waals surface area contributed by atoms with Gasteiger partial charge in [0, 0.05) is 18.3 Å². The Morgan fingerprint density at radius 3 is 2.55 bits per heavy atom. The SMILES string of the molecule is Cc1cc(C)c(C(=O)N(C)C2CCCCC2O)cc1N. The highest BCUT2D eigenvalue weighted by Gasteiger charge is 2.30. The van der Waals surface area contributed by atoms with Crippen LogP contribution in [0.2, 0.25) is 0 Å². The van der Waals surface area contributed by atoms with E-state index in [9.17, 15) is 9.90 Å². The summed E-state index contributed by atoms with van der Waals surface area (Å²) in [4.78, 5) is 14.3. The van der Waals surface area contributed by atoms with Crippen molar-refractivity contribution in [1.82, 2.24) is 4.90 Å². The molecule has 4 nitrogen and oxygen atoms in total. The molecule has 2 unspecified atom stereocenters. The van der Waals surface area contributed by atoms with Gasteiger partial charge in [0.1, 0.15) is 0 Å². The molecular weight excluding hydrogens is 252 g/mol. The number of nitrogens with zero attached hydrogens (tertiary/aromatic N) is 1. The molecule has 1 aliphatic rings. The topological polar surface area (TPSA) is 66.6 Å². The number of aliphatic hydroxyl groups is 1. The number of rotatable bonds is 2. The fraction of sp³-hybridized carbons (Fsp3) is 0.562. The van der Waals surface area contributed by atoms with Crippen LogP contribution in [0.5, 0.6) is 0 Å². The average Bonchev–Trinajstić information content (AvgIpc) is 2.42. The maximum absolute atomic E-state index is 12.6. The summed E-state index contributed by atoms with van der Waals surface area (Å²) in [5.41, 5.74) is 9.10. The largest absolute Gasteiger partial charge is 0.398 e. The summed E-state index contributed by atoms with van der Waals surface area (Å²) in [6.45, 7) is 3.86. The van der Waals surface area contributed by atoms with E-state index in [0.717, 1.165) is 36.8 Å². The van der Waals surface area contributed by atoms with Crippen molar-refractivity contribution in [2.45, 2.75) is 51.7 Å². The number of aryl methyl sites for hydroxylation is 2. The normalized spacial score (nSPS) is 22.6. The third-order valence-electron chi connectivity index (χ3n) is 4.36. The van der Waals surface area contributed by atoms with Crippen LogP contribution in [0.25, 0.3) is 0 Å². The first-order valence-electron chi connectivity index (χ1n) is 7.23. The van der Waals surface area contributed by atoms with Crippen LogP contribution in [0.15, 0.2) is 12.1 Å². The number of hydrogen-bond donors (Lipinski definition) is 2. The van der Waals surface area contributed by atoms with Crippen molar-refractivity contribution in [3.63, 3.8) is 0 Å². The molecule has 0 aromatic heterocycles. The predicted octanol–water partition coefficient (Wildman–Crippen LogP) is 2.26. The number of hydrogen-bond acceptors (Lipinski definition) is 3. The summed E-state index contributed by atoms with van der Waals surface area (Å²) in [5.74, 6) is -0.0554. The Labute approximate surface area is 120 Å². The summed E-state index contributed by atoms with van der Waals surface area (Å²) in [7, 11) is 1.77. The molecule has 110 valence electrons. The Kier molecular flexibility index (Phi) is 4.33. The van der Waals surface area contributed by atoms with E-state index in [1.165, 1.54) is 0 Å². The van der Waals surface area contributed by atoms with Gasteiger partial charge in [-0.05, 0) is 43.9 Å². The number of likely N-dealkylation sites (N-methyl/N-ethyl adjacent to an activating group) is 1. The van der Waals surface area contributed by atoms with Crippen molar-refractivity contribution < 1.29 is 9.90 Å². The predicted molar refractivity (Wildman–Crippen MR) is 80.7 cm³/mol. The molecule has 0 aliphatic heterocycles. The third-order valence-corrected chi connectivity index (χ3v) is 4.36. The lowest BCUT2D eigenvalue weighted by molar-refractivity contribution is 0.0267. The molecule has 0 radical (unpaired) electrons. The van der Waals surface area contributed by atoms with E-state index < -0.39 is 6.10 Å². The van der Waals surface area contributed by atoms with Crippen LogP contribution in [0.4, 0.5) is 5.69 Å². The Hall–Kier alpha value is -1.55. The highest BCUT2D eigenvalue weighted by molar-refractivity contribution is 5.96. The van der Waals surface area contributed by atoms with Crippen LogP contribution < -0.4 is 5.73 Å². The lowest BCUT2D eigenvalue weighted by atomic mass is 9.91. The molecule has 1 aromatic carbocycles. The first-order chi connectivity index (χ1) is 9.41. The highest BCUT2D eigenvalue weighted by Crippen LogP contribution is 2.25. The van der Waals surface area contributed by atoms with Crippen molar-refractivity contribution in [2.24, 2.45) is 0 Å². The number of amides is 1. The molecule has 1 aromatic rings. The van der Waals surface area contributed by atoms with Gasteiger partial charge >= 0.3 is 0 Å². The fourth-order valence-electron chi connectivity index (χ4n) is 2.98. The molecule has 20 heavy (non-hydrogen) atoms. The van der Waals surface area contributed by atoms with Crippen molar-refractivity contribution in [3.8, 4) is 0 Å². The second-order valence-corrected chi connectivity index (χ2v) is 5.86. The average molecular weight is 276 g/mol. The highest BCUT2D eigenvalue weighted by atomic mass is 16.3. The lowest BCUT2D eigenvalue weighted by Crippen LogP contribution is -2.46. The Morgan fingerprint density at radius 1 is 1.25 bits per heavy atom. The zero-order valence-corrected chi connectivity index (χ0v) is 12.5. The number of anilines is 1. The quantitative estimate of drug-likeness (QED) is 0.814. The number of nitrogens with two attached hydrogens (primary N) is 1. The van der Waals surface area contributed by atoms with Gasteiger partial charge in [0.05, 0.1) is 12.1 Å². The smallest absolute Gasteiger partial charge is 0.254 e. The molecule has 2 rings (SSSR count). The van der Waals surface area contributed by atoms with Crippen LogP contribution in [0.3, 0.4) is 0 Å². The molecule has 3 N–H and O–H groups in total. The van der Waals surface area contributed by atoms with Gasteiger partial charge < -0.3 is 15.7 Å². The van der Waals surface area contributed by atoms with Gasteiger partial charge in [0.25, 0.3) is 5.91 Å². The van der Waals surface area contributed by atoms with E-state index in [1.54, 1.807) is 18.0 Å². The van der Waals surface area contributed by atoms with Crippen LogP contribution in [0.1, 0.15) is 47.2 Å². The second kappa shape index (κ2) is 5.83. The van der Waals surface area contributed by atoms with Crippen LogP contribution in [0, 0.1) is 13.8 Å². The van der Waals surface area contributed by atoms with Crippen molar-refractivity contribution >= 4 is 11.6 Å². The van der Waals surface area contributed by atoms with Gasteiger partial charge in [0.2, 0.25) is 0 Å². The summed E-state index contributed by atoms with van der Waals surface area (Å²) >= 11 is 0. The Morgan fingerprint density at radius 2 is 1.90 bits per heavy atom. The van der Waals surface area contributed by atoms with Crippen LogP contribution in [-0.2, 0) is 0 Å². The van der Waals surface area contributed by atoms with E-state index in [4.69, 9.17) is 5.73 Å². The minimum atomic E-state index is -0.416. The first-order valence-corrected chi connectivity index (χ1v) is 7.23. The summed E-state index contributed by atoms with van der Waals surface area (Å²) < 4.78 is 0. The molecule has 1 amide bonds. The first kappa shape index (κ1) is 14.9. The molecule has 1 saturated carbocycles. The van der Waals surface area contributed by atoms with Gasteiger partial charge in [-0.25, -0.2) is 0 Å². The molecule has 1 fully saturated rings. The Balaban J connectivity index is 2.24. The number of carbonyl (C=O) groups is 1. The van der Waals surface area contributed by atoms with E-state index >= 15 is 0 Å². The van der Waals surface area contributed by atoms with Gasteiger partial charge in [-0.2, -0.15) is 0 Å². The van der Waals surface area contributed by atoms with Crippen molar-refractivity contribution in [2.75, 3.05) is 12.8 Å². The Bertz CT molecular complexity index is 513. The fourth-order valence-corrected chi connectivity index (χ4v) is 2.98. The molecule has 2 atom stereocenters. The zero-order chi connectivity index (χ0) is 14.9. The molecule has 0 heterocycles. The minimum Gasteiger partial charge on any atom is -0.398 e. The van der Waals surface area contributed by atoms with E-state index in [0.29, 0.717) is 11.3 Å². The summed E-state index contributed by atoms with van der Waals surface area (Å²) in [6, 6.07) is 3.60. The zero-order valence-electron chi connectivity index (χ0n) is 12.5. The molecule has 0 spiro atoms. The van der Waals surface area contributed by atoms with E-state index in [-0.39, 0.29) is 11.9 Å². The van der Waals surface area contributed by atoms with Gasteiger partial charge in [-0.15, -0.1) is 0 Å². The standard InChI is InChI=1S/C16H24N2O2/c1-10-8-11(2)13(17)9-12(10)16(20)18(3)14-6-4-5-7-15(14)19/h8-9,14-15,19H,4-7,17H2,1-3H3. The maximum atomic E-state index is 12.6. The third kappa shape index (κ3) is 2.80. The maximum Gasteiger partial charge on any atom is 0.254 e. The number of nitrogen functional groups attached to an aromatic ring is 1. The van der Waals surface area contributed by atoms with Crippen LogP contribution >= 0.6 is 0 Å². The molecule has 0 bridgehead atoms.